The van der Waals surface area contributed by atoms with E-state index in [0.717, 1.165) is 24.3 Å². The van der Waals surface area contributed by atoms with E-state index in [1.165, 1.54) is 0 Å². The summed E-state index contributed by atoms with van der Waals surface area (Å²) in [7, 11) is 0. The maximum atomic E-state index is 12.0. The number of alkyl halides is 5. The minimum Gasteiger partial charge on any atom is -0.435 e. The van der Waals surface area contributed by atoms with Gasteiger partial charge in [0.25, 0.3) is 0 Å². The minimum atomic E-state index is -4.74. The van der Waals surface area contributed by atoms with E-state index in [0.29, 0.717) is 0 Å². The zero-order chi connectivity index (χ0) is 13.1. The molecule has 0 heterocycles. The Kier molecular flexibility index (Phi) is 4.28. The standard InChI is InChI=1S/C9H5ClF5NO/c10-7(9(13,14)15)16-5-1-3-6(4-2-5)17-8(11)12/h1-4,8H. The van der Waals surface area contributed by atoms with Gasteiger partial charge in [-0.1, -0.05) is 11.6 Å². The number of ether oxygens (including phenoxy) is 1. The molecule has 0 atom stereocenters. The molecular formula is C9H5ClF5NO. The van der Waals surface area contributed by atoms with E-state index in [9.17, 15) is 22.0 Å². The number of hydrogen-bond acceptors (Lipinski definition) is 2. The van der Waals surface area contributed by atoms with Crippen LogP contribution in [0.15, 0.2) is 29.3 Å². The number of hydrogen-bond donors (Lipinski definition) is 0. The van der Waals surface area contributed by atoms with Crippen molar-refractivity contribution in [2.45, 2.75) is 12.8 Å². The van der Waals surface area contributed by atoms with E-state index in [-0.39, 0.29) is 11.4 Å². The molecular weight excluding hydrogens is 269 g/mol. The van der Waals surface area contributed by atoms with E-state index in [1.807, 2.05) is 0 Å². The molecule has 8 heteroatoms. The fourth-order valence-corrected chi connectivity index (χ4v) is 0.976. The van der Waals surface area contributed by atoms with E-state index in [4.69, 9.17) is 11.6 Å². The van der Waals surface area contributed by atoms with Crippen LogP contribution in [0.5, 0.6) is 5.75 Å². The first-order valence-electron chi connectivity index (χ1n) is 4.15. The SMILES string of the molecule is FC(F)Oc1ccc(N=C(Cl)C(F)(F)F)cc1. The predicted molar refractivity (Wildman–Crippen MR) is 52.1 cm³/mol. The maximum Gasteiger partial charge on any atom is 0.444 e. The molecule has 1 rings (SSSR count). The summed E-state index contributed by atoms with van der Waals surface area (Å²) in [6.45, 7) is -3.00. The first kappa shape index (κ1) is 13.7. The highest BCUT2D eigenvalue weighted by Gasteiger charge is 2.34. The van der Waals surface area contributed by atoms with Gasteiger partial charge in [0.15, 0.2) is 0 Å². The molecule has 1 aromatic carbocycles. The molecule has 0 amide bonds. The van der Waals surface area contributed by atoms with Crippen LogP contribution in [0.1, 0.15) is 0 Å². The third-order valence-electron chi connectivity index (χ3n) is 1.52. The quantitative estimate of drug-likeness (QED) is 0.600. The monoisotopic (exact) mass is 273 g/mol. The van der Waals surface area contributed by atoms with Gasteiger partial charge in [-0.15, -0.1) is 0 Å². The van der Waals surface area contributed by atoms with Crippen molar-refractivity contribution in [2.75, 3.05) is 0 Å². The van der Waals surface area contributed by atoms with Crippen molar-refractivity contribution in [1.29, 1.82) is 0 Å². The van der Waals surface area contributed by atoms with Crippen molar-refractivity contribution in [3.8, 4) is 5.75 Å². The van der Waals surface area contributed by atoms with Gasteiger partial charge < -0.3 is 4.74 Å². The summed E-state index contributed by atoms with van der Waals surface area (Å²) in [5, 5.41) is -1.54. The summed E-state index contributed by atoms with van der Waals surface area (Å²) in [4.78, 5) is 3.06. The van der Waals surface area contributed by atoms with Gasteiger partial charge in [-0.05, 0) is 24.3 Å². The fourth-order valence-electron chi connectivity index (χ4n) is 0.879. The fraction of sp³-hybridized carbons (Fsp3) is 0.222. The van der Waals surface area contributed by atoms with Crippen molar-refractivity contribution in [3.05, 3.63) is 24.3 Å². The molecule has 0 saturated heterocycles. The molecule has 0 aliphatic heterocycles. The van der Waals surface area contributed by atoms with Crippen LogP contribution in [0.3, 0.4) is 0 Å². The predicted octanol–water partition coefficient (Wildman–Crippen LogP) is 4.12. The summed E-state index contributed by atoms with van der Waals surface area (Å²) >= 11 is 4.89. The van der Waals surface area contributed by atoms with Crippen molar-refractivity contribution in [1.82, 2.24) is 0 Å². The van der Waals surface area contributed by atoms with Crippen molar-refractivity contribution < 1.29 is 26.7 Å². The van der Waals surface area contributed by atoms with Gasteiger partial charge >= 0.3 is 12.8 Å². The molecule has 0 fully saturated rings. The van der Waals surface area contributed by atoms with Crippen LogP contribution in [0.4, 0.5) is 27.6 Å². The second-order valence-corrected chi connectivity index (χ2v) is 3.13. The normalized spacial score (nSPS) is 13.0. The van der Waals surface area contributed by atoms with E-state index < -0.39 is 18.0 Å². The lowest BCUT2D eigenvalue weighted by atomic mass is 10.3. The Bertz CT molecular complexity index is 401. The first-order valence-corrected chi connectivity index (χ1v) is 4.53. The topological polar surface area (TPSA) is 21.6 Å². The van der Waals surface area contributed by atoms with E-state index in [2.05, 4.69) is 9.73 Å². The lowest BCUT2D eigenvalue weighted by Crippen LogP contribution is -2.16. The summed E-state index contributed by atoms with van der Waals surface area (Å²) in [5.74, 6) is -0.179. The second-order valence-electron chi connectivity index (χ2n) is 2.77. The van der Waals surface area contributed by atoms with Crippen LogP contribution in [0, 0.1) is 0 Å². The molecule has 0 N–H and O–H groups in total. The number of aliphatic imine (C=N–C) groups is 1. The van der Waals surface area contributed by atoms with Gasteiger partial charge in [-0.3, -0.25) is 0 Å². The van der Waals surface area contributed by atoms with Crippen LogP contribution < -0.4 is 4.74 Å². The molecule has 1 aromatic rings. The van der Waals surface area contributed by atoms with Gasteiger partial charge in [-0.2, -0.15) is 22.0 Å². The summed E-state index contributed by atoms with van der Waals surface area (Å²) in [6.07, 6.45) is -4.74. The highest BCUT2D eigenvalue weighted by molar-refractivity contribution is 6.67. The molecule has 0 unspecified atom stereocenters. The molecule has 0 bridgehead atoms. The maximum absolute atomic E-state index is 12.0. The molecule has 0 aliphatic rings. The molecule has 2 nitrogen and oxygen atoms in total. The Morgan fingerprint density at radius 1 is 1.18 bits per heavy atom. The van der Waals surface area contributed by atoms with Gasteiger partial charge in [0.1, 0.15) is 5.75 Å². The van der Waals surface area contributed by atoms with Gasteiger partial charge in [0.2, 0.25) is 5.17 Å². The molecule has 94 valence electrons. The summed E-state index contributed by atoms with van der Waals surface area (Å²) in [5.41, 5.74) is -0.117. The Morgan fingerprint density at radius 2 is 1.71 bits per heavy atom. The van der Waals surface area contributed by atoms with Crippen molar-refractivity contribution in [2.24, 2.45) is 4.99 Å². The summed E-state index contributed by atoms with van der Waals surface area (Å²) < 4.78 is 63.5. The third kappa shape index (κ3) is 4.56. The minimum absolute atomic E-state index is 0.117. The number of halogens is 6. The smallest absolute Gasteiger partial charge is 0.435 e. The zero-order valence-corrected chi connectivity index (χ0v) is 8.77. The van der Waals surface area contributed by atoms with Crippen LogP contribution in [0.2, 0.25) is 0 Å². The second kappa shape index (κ2) is 5.31. The summed E-state index contributed by atoms with van der Waals surface area (Å²) in [6, 6.07) is 4.27. The Labute approximate surface area is 97.7 Å². The van der Waals surface area contributed by atoms with E-state index in [1.54, 1.807) is 0 Å². The lowest BCUT2D eigenvalue weighted by molar-refractivity contribution is -0.0559. The largest absolute Gasteiger partial charge is 0.444 e. The third-order valence-corrected chi connectivity index (χ3v) is 1.82. The van der Waals surface area contributed by atoms with Gasteiger partial charge in [-0.25, -0.2) is 4.99 Å². The molecule has 0 aliphatic carbocycles. The average molecular weight is 274 g/mol. The number of benzene rings is 1. The molecule has 0 saturated carbocycles. The van der Waals surface area contributed by atoms with Gasteiger partial charge in [0.05, 0.1) is 5.69 Å². The van der Waals surface area contributed by atoms with Crippen LogP contribution >= 0.6 is 11.6 Å². The Balaban J connectivity index is 2.82. The average Bonchev–Trinajstić information content (AvgIpc) is 2.18. The van der Waals surface area contributed by atoms with Crippen molar-refractivity contribution in [3.63, 3.8) is 0 Å². The number of nitrogens with zero attached hydrogens (tertiary/aromatic N) is 1. The van der Waals surface area contributed by atoms with E-state index >= 15 is 0 Å². The van der Waals surface area contributed by atoms with Gasteiger partial charge in [0, 0.05) is 0 Å². The molecule has 0 spiro atoms. The lowest BCUT2D eigenvalue weighted by Gasteiger charge is -2.05. The Morgan fingerprint density at radius 3 is 2.12 bits per heavy atom. The highest BCUT2D eigenvalue weighted by Crippen LogP contribution is 2.25. The van der Waals surface area contributed by atoms with Crippen LogP contribution in [-0.4, -0.2) is 18.0 Å². The van der Waals surface area contributed by atoms with Crippen LogP contribution in [0.25, 0.3) is 0 Å². The zero-order valence-electron chi connectivity index (χ0n) is 8.01. The highest BCUT2D eigenvalue weighted by atomic mass is 35.5. The first-order chi connectivity index (χ1) is 7.79. The van der Waals surface area contributed by atoms with Crippen molar-refractivity contribution >= 4 is 22.5 Å². The molecule has 17 heavy (non-hydrogen) atoms. The molecule has 0 radical (unpaired) electrons. The van der Waals surface area contributed by atoms with Crippen LogP contribution in [-0.2, 0) is 0 Å². The number of rotatable bonds is 3. The Hall–Kier alpha value is -1.37. The molecule has 0 aromatic heterocycles.